The Morgan fingerprint density at radius 2 is 1.66 bits per heavy atom. The average molecular weight is 461 g/mol. The third-order valence-electron chi connectivity index (χ3n) is 6.43. The normalized spacial score (nSPS) is 19.7. The van der Waals surface area contributed by atoms with Crippen LogP contribution in [-0.4, -0.2) is 61.7 Å². The number of para-hydroxylation sites is 1. The van der Waals surface area contributed by atoms with Crippen molar-refractivity contribution in [1.82, 2.24) is 9.21 Å². The molecule has 2 aromatic rings. The number of likely N-dealkylation sites (tertiary alicyclic amines) is 1. The van der Waals surface area contributed by atoms with Crippen molar-refractivity contribution in [3.63, 3.8) is 0 Å². The lowest BCUT2D eigenvalue weighted by Crippen LogP contribution is -2.50. The highest BCUT2D eigenvalue weighted by molar-refractivity contribution is 7.89. The highest BCUT2D eigenvalue weighted by Gasteiger charge is 2.33. The summed E-state index contributed by atoms with van der Waals surface area (Å²) in [5.74, 6) is -0.182. The zero-order chi connectivity index (χ0) is 22.7. The molecule has 6 nitrogen and oxygen atoms in total. The van der Waals surface area contributed by atoms with Gasteiger partial charge >= 0.3 is 0 Å². The summed E-state index contributed by atoms with van der Waals surface area (Å²) in [6, 6.07) is 13.1. The van der Waals surface area contributed by atoms with Crippen molar-refractivity contribution in [2.75, 3.05) is 26.2 Å². The van der Waals surface area contributed by atoms with E-state index in [1.165, 1.54) is 23.4 Å². The Hall–Kier alpha value is -2.29. The van der Waals surface area contributed by atoms with E-state index < -0.39 is 10.0 Å². The second kappa shape index (κ2) is 9.68. The maximum absolute atomic E-state index is 13.8. The third kappa shape index (κ3) is 5.03. The molecule has 0 N–H and O–H groups in total. The van der Waals surface area contributed by atoms with Crippen LogP contribution in [-0.2, 0) is 10.0 Å². The number of hydrogen-bond donors (Lipinski definition) is 0. The molecule has 0 saturated carbocycles. The number of carbonyl (C=O) groups excluding carboxylic acids is 1. The van der Waals surface area contributed by atoms with Crippen LogP contribution in [0.25, 0.3) is 0 Å². The largest absolute Gasteiger partial charge is 0.487 e. The van der Waals surface area contributed by atoms with Crippen molar-refractivity contribution >= 4 is 15.8 Å². The fourth-order valence-corrected chi connectivity index (χ4v) is 6.07. The van der Waals surface area contributed by atoms with Crippen molar-refractivity contribution < 1.29 is 22.3 Å². The van der Waals surface area contributed by atoms with Crippen molar-refractivity contribution in [2.24, 2.45) is 0 Å². The Balaban J connectivity index is 1.30. The van der Waals surface area contributed by atoms with Gasteiger partial charge in [0.05, 0.1) is 4.90 Å². The van der Waals surface area contributed by atoms with Crippen LogP contribution in [0.2, 0.25) is 0 Å². The second-order valence-electron chi connectivity index (χ2n) is 8.50. The molecule has 4 rings (SSSR count). The summed E-state index contributed by atoms with van der Waals surface area (Å²) in [6.45, 7) is 4.07. The van der Waals surface area contributed by atoms with Crippen LogP contribution in [0.1, 0.15) is 43.0 Å². The molecule has 0 aromatic heterocycles. The number of piperidine rings is 2. The van der Waals surface area contributed by atoms with Crippen molar-refractivity contribution in [3.8, 4) is 5.75 Å². The Bertz CT molecular complexity index is 1060. The summed E-state index contributed by atoms with van der Waals surface area (Å²) < 4.78 is 47.3. The Labute approximate surface area is 189 Å². The molecular formula is C24H29FN2O4S. The predicted molar refractivity (Wildman–Crippen MR) is 120 cm³/mol. The summed E-state index contributed by atoms with van der Waals surface area (Å²) in [4.78, 5) is 14.2. The predicted octanol–water partition coefficient (Wildman–Crippen LogP) is 3.72. The van der Waals surface area contributed by atoms with E-state index in [2.05, 4.69) is 4.90 Å². The fraction of sp³-hybridized carbons (Fsp3) is 0.458. The molecule has 2 saturated heterocycles. The van der Waals surface area contributed by atoms with E-state index >= 15 is 0 Å². The van der Waals surface area contributed by atoms with E-state index in [9.17, 15) is 17.6 Å². The molecule has 172 valence electrons. The van der Waals surface area contributed by atoms with E-state index in [1.54, 1.807) is 36.4 Å². The lowest BCUT2D eigenvalue weighted by Gasteiger charge is -2.41. The van der Waals surface area contributed by atoms with Crippen LogP contribution < -0.4 is 4.74 Å². The van der Waals surface area contributed by atoms with Crippen molar-refractivity contribution in [3.05, 3.63) is 59.9 Å². The number of ether oxygens (including phenoxy) is 1. The van der Waals surface area contributed by atoms with Gasteiger partial charge in [0.25, 0.3) is 0 Å². The molecule has 8 heteroatoms. The molecule has 0 radical (unpaired) electrons. The first-order valence-electron chi connectivity index (χ1n) is 11.1. The zero-order valence-electron chi connectivity index (χ0n) is 18.2. The number of nitrogens with zero attached hydrogens (tertiary/aromatic N) is 2. The average Bonchev–Trinajstić information content (AvgIpc) is 2.81. The van der Waals surface area contributed by atoms with Gasteiger partial charge in [-0.25, -0.2) is 12.8 Å². The van der Waals surface area contributed by atoms with Crippen LogP contribution in [0, 0.1) is 5.82 Å². The van der Waals surface area contributed by atoms with Gasteiger partial charge in [-0.15, -0.1) is 0 Å². The molecule has 0 aliphatic carbocycles. The highest BCUT2D eigenvalue weighted by Crippen LogP contribution is 2.27. The van der Waals surface area contributed by atoms with Gasteiger partial charge in [-0.1, -0.05) is 24.3 Å². The Morgan fingerprint density at radius 3 is 2.31 bits per heavy atom. The number of benzene rings is 2. The monoisotopic (exact) mass is 460 g/mol. The number of ketones is 1. The van der Waals surface area contributed by atoms with E-state index in [0.29, 0.717) is 30.4 Å². The summed E-state index contributed by atoms with van der Waals surface area (Å²) >= 11 is 0. The first kappa shape index (κ1) is 22.9. The van der Waals surface area contributed by atoms with Gasteiger partial charge in [-0.3, -0.25) is 4.79 Å². The highest BCUT2D eigenvalue weighted by atomic mass is 32.2. The van der Waals surface area contributed by atoms with Crippen LogP contribution in [0.15, 0.2) is 53.4 Å². The number of rotatable bonds is 6. The van der Waals surface area contributed by atoms with Crippen molar-refractivity contribution in [1.29, 1.82) is 0 Å². The van der Waals surface area contributed by atoms with Gasteiger partial charge in [-0.05, 0) is 56.9 Å². The third-order valence-corrected chi connectivity index (χ3v) is 8.32. The van der Waals surface area contributed by atoms with Crippen molar-refractivity contribution in [2.45, 2.75) is 49.6 Å². The Morgan fingerprint density at radius 1 is 0.969 bits per heavy atom. The smallest absolute Gasteiger partial charge is 0.243 e. The molecule has 2 aliphatic heterocycles. The minimum absolute atomic E-state index is 0.00262. The number of hydrogen-bond acceptors (Lipinski definition) is 5. The molecule has 0 atom stereocenters. The van der Waals surface area contributed by atoms with Gasteiger partial charge in [-0.2, -0.15) is 4.31 Å². The summed E-state index contributed by atoms with van der Waals surface area (Å²) in [5.41, 5.74) is 0.404. The number of carbonyl (C=O) groups is 1. The van der Waals surface area contributed by atoms with Gasteiger partial charge in [0.15, 0.2) is 17.3 Å². The maximum Gasteiger partial charge on any atom is 0.243 e. The number of halogens is 1. The number of Topliss-reactive ketones (excluding diaryl/α,β-unsaturated/α-hetero) is 1. The Kier molecular flexibility index (Phi) is 6.93. The SMILES string of the molecule is CC(=O)c1cccc(S(=O)(=O)N2CCC(N3CCC(Oc4ccccc4F)CC3)CC2)c1. The summed E-state index contributed by atoms with van der Waals surface area (Å²) in [6.07, 6.45) is 3.18. The molecule has 0 bridgehead atoms. The van der Waals surface area contributed by atoms with Crippen LogP contribution in [0.5, 0.6) is 5.75 Å². The molecule has 0 amide bonds. The van der Waals surface area contributed by atoms with Gasteiger partial charge in [0.2, 0.25) is 10.0 Å². The second-order valence-corrected chi connectivity index (χ2v) is 10.4. The van der Waals surface area contributed by atoms with Gasteiger partial charge in [0.1, 0.15) is 6.10 Å². The molecule has 2 heterocycles. The molecule has 2 aliphatic rings. The topological polar surface area (TPSA) is 66.9 Å². The molecule has 2 aromatic carbocycles. The summed E-state index contributed by atoms with van der Waals surface area (Å²) in [7, 11) is -3.61. The lowest BCUT2D eigenvalue weighted by molar-refractivity contribution is 0.0568. The van der Waals surface area contributed by atoms with Crippen LogP contribution in [0.3, 0.4) is 0 Å². The van der Waals surface area contributed by atoms with E-state index in [-0.39, 0.29) is 22.6 Å². The maximum atomic E-state index is 13.8. The van der Waals surface area contributed by atoms with E-state index in [0.717, 1.165) is 38.8 Å². The van der Waals surface area contributed by atoms with E-state index in [4.69, 9.17) is 4.74 Å². The minimum atomic E-state index is -3.61. The fourth-order valence-electron chi connectivity index (χ4n) is 4.55. The molecule has 0 spiro atoms. The van der Waals surface area contributed by atoms with Gasteiger partial charge < -0.3 is 9.64 Å². The van der Waals surface area contributed by atoms with Gasteiger partial charge in [0, 0.05) is 37.8 Å². The first-order chi connectivity index (χ1) is 15.3. The number of sulfonamides is 1. The molecular weight excluding hydrogens is 431 g/mol. The molecule has 0 unspecified atom stereocenters. The lowest BCUT2D eigenvalue weighted by atomic mass is 10.00. The molecule has 2 fully saturated rings. The summed E-state index contributed by atoms with van der Waals surface area (Å²) in [5, 5.41) is 0. The first-order valence-corrected chi connectivity index (χ1v) is 12.5. The zero-order valence-corrected chi connectivity index (χ0v) is 19.1. The standard InChI is InChI=1S/C24H29FN2O4S/c1-18(28)19-5-4-6-22(17-19)32(29,30)27-15-9-20(10-16-27)26-13-11-21(12-14-26)31-24-8-3-2-7-23(24)25/h2-8,17,20-21H,9-16H2,1H3. The molecule has 32 heavy (non-hydrogen) atoms. The van der Waals surface area contributed by atoms with Crippen LogP contribution >= 0.6 is 0 Å². The quantitative estimate of drug-likeness (QED) is 0.615. The van der Waals surface area contributed by atoms with Crippen LogP contribution in [0.4, 0.5) is 4.39 Å². The minimum Gasteiger partial charge on any atom is -0.487 e. The van der Waals surface area contributed by atoms with E-state index in [1.807, 2.05) is 0 Å².